The monoisotopic (exact) mass is 157 g/mol. The summed E-state index contributed by atoms with van der Waals surface area (Å²) in [6.45, 7) is 0.981. The minimum absolute atomic E-state index is 0.386. The summed E-state index contributed by atoms with van der Waals surface area (Å²) in [5, 5.41) is 4.41. The Kier molecular flexibility index (Phi) is 1.38. The van der Waals surface area contributed by atoms with Crippen LogP contribution in [0.25, 0.3) is 0 Å². The summed E-state index contributed by atoms with van der Waals surface area (Å²) in [7, 11) is 0. The fraction of sp³-hybridized carbons (Fsp3) is 0.667. The first-order valence-electron chi connectivity index (χ1n) is 3.45. The van der Waals surface area contributed by atoms with Gasteiger partial charge in [0.05, 0.1) is 0 Å². The summed E-state index contributed by atoms with van der Waals surface area (Å²) in [6, 6.07) is 0. The molecular formula is C6H8ClN3. The van der Waals surface area contributed by atoms with E-state index in [2.05, 4.69) is 10.1 Å². The molecule has 54 valence electrons. The van der Waals surface area contributed by atoms with Crippen molar-refractivity contribution in [3.05, 3.63) is 11.1 Å². The molecule has 1 aliphatic rings. The van der Waals surface area contributed by atoms with Gasteiger partial charge in [0.15, 0.2) is 0 Å². The second kappa shape index (κ2) is 2.23. The predicted molar refractivity (Wildman–Crippen MR) is 38.0 cm³/mol. The van der Waals surface area contributed by atoms with Crippen LogP contribution in [-0.4, -0.2) is 14.8 Å². The molecule has 2 heterocycles. The van der Waals surface area contributed by atoms with Gasteiger partial charge in [-0.1, -0.05) is 0 Å². The molecule has 10 heavy (non-hydrogen) atoms. The molecule has 0 fully saturated rings. The zero-order chi connectivity index (χ0) is 6.97. The summed E-state index contributed by atoms with van der Waals surface area (Å²) in [6.07, 6.45) is 3.45. The van der Waals surface area contributed by atoms with Crippen molar-refractivity contribution in [2.75, 3.05) is 0 Å². The number of hydrogen-bond donors (Lipinski definition) is 0. The van der Waals surface area contributed by atoms with Crippen molar-refractivity contribution < 1.29 is 0 Å². The van der Waals surface area contributed by atoms with E-state index in [1.165, 1.54) is 12.8 Å². The van der Waals surface area contributed by atoms with Gasteiger partial charge in [-0.2, -0.15) is 0 Å². The maximum Gasteiger partial charge on any atom is 0.242 e. The van der Waals surface area contributed by atoms with Crippen molar-refractivity contribution in [1.82, 2.24) is 14.8 Å². The number of aryl methyl sites for hydroxylation is 2. The zero-order valence-electron chi connectivity index (χ0n) is 5.55. The van der Waals surface area contributed by atoms with Crippen LogP contribution in [0, 0.1) is 0 Å². The molecular weight excluding hydrogens is 150 g/mol. The topological polar surface area (TPSA) is 30.7 Å². The third-order valence-corrected chi connectivity index (χ3v) is 1.90. The van der Waals surface area contributed by atoms with Gasteiger partial charge in [-0.15, -0.1) is 5.10 Å². The van der Waals surface area contributed by atoms with Crippen molar-refractivity contribution in [2.24, 2.45) is 0 Å². The van der Waals surface area contributed by atoms with Gasteiger partial charge in [-0.25, -0.2) is 9.67 Å². The lowest BCUT2D eigenvalue weighted by Gasteiger charge is -2.09. The van der Waals surface area contributed by atoms with Crippen LogP contribution in [-0.2, 0) is 13.0 Å². The Balaban J connectivity index is 2.41. The highest BCUT2D eigenvalue weighted by Gasteiger charge is 2.11. The number of rotatable bonds is 0. The Labute approximate surface area is 64.0 Å². The largest absolute Gasteiger partial charge is 0.249 e. The van der Waals surface area contributed by atoms with Crippen molar-refractivity contribution in [3.63, 3.8) is 0 Å². The number of nitrogens with zero attached hydrogens (tertiary/aromatic N) is 3. The molecule has 4 heteroatoms. The number of aromatic nitrogens is 3. The van der Waals surface area contributed by atoms with Crippen LogP contribution in [0.1, 0.15) is 18.7 Å². The van der Waals surface area contributed by atoms with Crippen LogP contribution in [0.4, 0.5) is 0 Å². The fourth-order valence-corrected chi connectivity index (χ4v) is 1.44. The van der Waals surface area contributed by atoms with E-state index >= 15 is 0 Å². The first-order valence-corrected chi connectivity index (χ1v) is 3.83. The number of fused-ring (bicyclic) bond motifs is 1. The van der Waals surface area contributed by atoms with Crippen molar-refractivity contribution in [3.8, 4) is 0 Å². The van der Waals surface area contributed by atoms with Crippen LogP contribution in [0.2, 0.25) is 5.28 Å². The highest BCUT2D eigenvalue weighted by molar-refractivity contribution is 6.28. The van der Waals surface area contributed by atoms with Crippen molar-refractivity contribution in [2.45, 2.75) is 25.8 Å². The van der Waals surface area contributed by atoms with Crippen LogP contribution in [0.15, 0.2) is 0 Å². The van der Waals surface area contributed by atoms with Gasteiger partial charge < -0.3 is 0 Å². The van der Waals surface area contributed by atoms with Gasteiger partial charge in [-0.05, 0) is 24.4 Å². The summed E-state index contributed by atoms with van der Waals surface area (Å²) >= 11 is 5.61. The highest BCUT2D eigenvalue weighted by Crippen LogP contribution is 2.13. The second-order valence-corrected chi connectivity index (χ2v) is 2.82. The molecule has 0 atom stereocenters. The summed E-state index contributed by atoms with van der Waals surface area (Å²) < 4.78 is 1.89. The van der Waals surface area contributed by atoms with Crippen LogP contribution >= 0.6 is 11.6 Å². The predicted octanol–water partition coefficient (Wildman–Crippen LogP) is 1.27. The third kappa shape index (κ3) is 0.904. The van der Waals surface area contributed by atoms with E-state index in [0.717, 1.165) is 18.8 Å². The maximum absolute atomic E-state index is 5.61. The highest BCUT2D eigenvalue weighted by atomic mass is 35.5. The lowest BCUT2D eigenvalue weighted by Crippen LogP contribution is -2.11. The van der Waals surface area contributed by atoms with Crippen LogP contribution in [0.3, 0.4) is 0 Å². The van der Waals surface area contributed by atoms with Crippen LogP contribution < -0.4 is 0 Å². The molecule has 0 spiro atoms. The molecule has 0 aliphatic carbocycles. The second-order valence-electron chi connectivity index (χ2n) is 2.48. The Hall–Kier alpha value is -0.570. The first-order chi connectivity index (χ1) is 4.86. The average Bonchev–Trinajstić information content (AvgIpc) is 2.27. The molecule has 0 bridgehead atoms. The summed E-state index contributed by atoms with van der Waals surface area (Å²) in [5.74, 6) is 1.04. The molecule has 2 rings (SSSR count). The average molecular weight is 158 g/mol. The van der Waals surface area contributed by atoms with Gasteiger partial charge in [0, 0.05) is 13.0 Å². The molecule has 0 radical (unpaired) electrons. The van der Waals surface area contributed by atoms with E-state index in [0.29, 0.717) is 5.28 Å². The molecule has 1 aliphatic heterocycles. The van der Waals surface area contributed by atoms with E-state index in [9.17, 15) is 0 Å². The van der Waals surface area contributed by atoms with E-state index in [1.54, 1.807) is 0 Å². The van der Waals surface area contributed by atoms with Gasteiger partial charge in [0.25, 0.3) is 0 Å². The molecule has 1 aromatic heterocycles. The minimum Gasteiger partial charge on any atom is -0.249 e. The zero-order valence-corrected chi connectivity index (χ0v) is 6.30. The van der Waals surface area contributed by atoms with Crippen molar-refractivity contribution >= 4 is 11.6 Å². The fourth-order valence-electron chi connectivity index (χ4n) is 1.25. The van der Waals surface area contributed by atoms with Crippen molar-refractivity contribution in [1.29, 1.82) is 0 Å². The van der Waals surface area contributed by atoms with E-state index < -0.39 is 0 Å². The quantitative estimate of drug-likeness (QED) is 0.568. The minimum atomic E-state index is 0.386. The third-order valence-electron chi connectivity index (χ3n) is 1.74. The standard InChI is InChI=1S/C6H8ClN3/c7-6-8-5-3-1-2-4-10(5)9-6/h1-4H2. The lowest BCUT2D eigenvalue weighted by molar-refractivity contribution is 0.480. The smallest absolute Gasteiger partial charge is 0.242 e. The molecule has 3 nitrogen and oxygen atoms in total. The number of hydrogen-bond acceptors (Lipinski definition) is 2. The van der Waals surface area contributed by atoms with Gasteiger partial charge in [-0.3, -0.25) is 0 Å². The molecule has 0 unspecified atom stereocenters. The van der Waals surface area contributed by atoms with Gasteiger partial charge in [0.2, 0.25) is 5.28 Å². The summed E-state index contributed by atoms with van der Waals surface area (Å²) in [4.78, 5) is 4.07. The first kappa shape index (κ1) is 6.16. The maximum atomic E-state index is 5.61. The molecule has 1 aromatic rings. The molecule has 0 saturated heterocycles. The SMILES string of the molecule is Clc1nc2n(n1)CCCC2. The normalized spacial score (nSPS) is 16.9. The van der Waals surface area contributed by atoms with Gasteiger partial charge in [0.1, 0.15) is 5.82 Å². The Morgan fingerprint density at radius 1 is 1.40 bits per heavy atom. The molecule has 0 saturated carbocycles. The van der Waals surface area contributed by atoms with E-state index in [4.69, 9.17) is 11.6 Å². The van der Waals surface area contributed by atoms with Crippen LogP contribution in [0.5, 0.6) is 0 Å². The van der Waals surface area contributed by atoms with Gasteiger partial charge >= 0.3 is 0 Å². The summed E-state index contributed by atoms with van der Waals surface area (Å²) in [5.41, 5.74) is 0. The Bertz CT molecular complexity index is 220. The Morgan fingerprint density at radius 3 is 3.10 bits per heavy atom. The van der Waals surface area contributed by atoms with E-state index in [-0.39, 0.29) is 0 Å². The van der Waals surface area contributed by atoms with E-state index in [1.807, 2.05) is 4.68 Å². The molecule has 0 amide bonds. The molecule has 0 N–H and O–H groups in total. The Morgan fingerprint density at radius 2 is 2.30 bits per heavy atom. The number of halogens is 1. The molecule has 0 aromatic carbocycles. The lowest BCUT2D eigenvalue weighted by atomic mass is 10.2.